The van der Waals surface area contributed by atoms with Crippen molar-refractivity contribution in [3.63, 3.8) is 0 Å². The highest BCUT2D eigenvalue weighted by Gasteiger charge is 2.18. The van der Waals surface area contributed by atoms with Gasteiger partial charge in [0.05, 0.1) is 11.9 Å². The topological polar surface area (TPSA) is 52.2 Å². The molecule has 0 aliphatic carbocycles. The Kier molecular flexibility index (Phi) is 5.20. The van der Waals surface area contributed by atoms with Crippen LogP contribution in [-0.2, 0) is 6.54 Å². The third kappa shape index (κ3) is 4.05. The van der Waals surface area contributed by atoms with Crippen molar-refractivity contribution in [3.8, 4) is 0 Å². The third-order valence-electron chi connectivity index (χ3n) is 4.03. The van der Waals surface area contributed by atoms with Gasteiger partial charge in [-0.25, -0.2) is 5.10 Å². The fraction of sp³-hybridized carbons (Fsp3) is 0.375. The van der Waals surface area contributed by atoms with Crippen LogP contribution in [0.15, 0.2) is 35.3 Å². The molecular formula is C16H18Cl2N4O. The van der Waals surface area contributed by atoms with Crippen LogP contribution in [0.25, 0.3) is 0 Å². The molecule has 122 valence electrons. The van der Waals surface area contributed by atoms with Gasteiger partial charge in [-0.05, 0) is 24.1 Å². The minimum absolute atomic E-state index is 0.214. The molecule has 0 saturated carbocycles. The van der Waals surface area contributed by atoms with E-state index in [0.717, 1.165) is 44.2 Å². The Morgan fingerprint density at radius 1 is 1.09 bits per heavy atom. The first-order chi connectivity index (χ1) is 11.1. The smallest absolute Gasteiger partial charge is 0.285 e. The van der Waals surface area contributed by atoms with Crippen LogP contribution in [0.5, 0.6) is 0 Å². The Morgan fingerprint density at radius 2 is 1.87 bits per heavy atom. The van der Waals surface area contributed by atoms with Crippen LogP contribution in [-0.4, -0.2) is 41.3 Å². The lowest BCUT2D eigenvalue weighted by Gasteiger charge is -2.23. The summed E-state index contributed by atoms with van der Waals surface area (Å²) in [5, 5.41) is 7.18. The van der Waals surface area contributed by atoms with Gasteiger partial charge in [-0.1, -0.05) is 35.3 Å². The van der Waals surface area contributed by atoms with E-state index in [-0.39, 0.29) is 10.6 Å². The lowest BCUT2D eigenvalue weighted by Crippen LogP contribution is -2.31. The Hall–Kier alpha value is -1.56. The first kappa shape index (κ1) is 16.3. The fourth-order valence-corrected chi connectivity index (χ4v) is 3.15. The summed E-state index contributed by atoms with van der Waals surface area (Å²) in [6.07, 6.45) is 2.63. The quantitative estimate of drug-likeness (QED) is 0.922. The maximum atomic E-state index is 11.6. The predicted molar refractivity (Wildman–Crippen MR) is 93.4 cm³/mol. The highest BCUT2D eigenvalue weighted by atomic mass is 35.5. The molecular weight excluding hydrogens is 335 g/mol. The minimum Gasteiger partial charge on any atom is -0.368 e. The first-order valence-electron chi connectivity index (χ1n) is 7.58. The van der Waals surface area contributed by atoms with Crippen molar-refractivity contribution in [2.45, 2.75) is 13.0 Å². The zero-order valence-electron chi connectivity index (χ0n) is 12.6. The molecule has 0 amide bonds. The molecule has 1 aromatic carbocycles. The molecule has 7 heteroatoms. The van der Waals surface area contributed by atoms with Crippen molar-refractivity contribution in [3.05, 3.63) is 56.4 Å². The van der Waals surface area contributed by atoms with Gasteiger partial charge in [0, 0.05) is 37.7 Å². The number of halogens is 2. The predicted octanol–water partition coefficient (Wildman–Crippen LogP) is 2.79. The highest BCUT2D eigenvalue weighted by Crippen LogP contribution is 2.22. The monoisotopic (exact) mass is 352 g/mol. The second kappa shape index (κ2) is 7.34. The van der Waals surface area contributed by atoms with E-state index in [1.54, 1.807) is 6.20 Å². The molecule has 1 aliphatic rings. The molecule has 23 heavy (non-hydrogen) atoms. The molecule has 0 atom stereocenters. The average Bonchev–Trinajstić information content (AvgIpc) is 2.78. The molecule has 1 aromatic heterocycles. The molecule has 2 aromatic rings. The number of hydrogen-bond donors (Lipinski definition) is 1. The van der Waals surface area contributed by atoms with Crippen LogP contribution < -0.4 is 10.5 Å². The molecule has 0 radical (unpaired) electrons. The number of nitrogens with one attached hydrogen (secondary N) is 1. The van der Waals surface area contributed by atoms with E-state index in [0.29, 0.717) is 5.69 Å². The lowest BCUT2D eigenvalue weighted by atomic mass is 10.2. The van der Waals surface area contributed by atoms with Crippen molar-refractivity contribution < 1.29 is 0 Å². The van der Waals surface area contributed by atoms with E-state index in [1.165, 1.54) is 5.56 Å². The van der Waals surface area contributed by atoms with Crippen molar-refractivity contribution in [2.24, 2.45) is 0 Å². The number of aromatic nitrogens is 2. The van der Waals surface area contributed by atoms with Crippen LogP contribution in [0.3, 0.4) is 0 Å². The van der Waals surface area contributed by atoms with Gasteiger partial charge in [0.1, 0.15) is 5.02 Å². The van der Waals surface area contributed by atoms with Crippen LogP contribution in [0.2, 0.25) is 10.0 Å². The van der Waals surface area contributed by atoms with E-state index in [2.05, 4.69) is 32.1 Å². The van der Waals surface area contributed by atoms with E-state index in [9.17, 15) is 4.79 Å². The number of H-pyrrole nitrogens is 1. The number of aromatic amines is 1. The van der Waals surface area contributed by atoms with E-state index < -0.39 is 0 Å². The molecule has 0 bridgehead atoms. The number of rotatable bonds is 3. The second-order valence-electron chi connectivity index (χ2n) is 5.64. The lowest BCUT2D eigenvalue weighted by molar-refractivity contribution is 0.285. The Bertz CT molecular complexity index is 717. The molecule has 1 fully saturated rings. The summed E-state index contributed by atoms with van der Waals surface area (Å²) in [5.74, 6) is 0. The normalized spacial score (nSPS) is 16.3. The van der Waals surface area contributed by atoms with Crippen molar-refractivity contribution in [1.29, 1.82) is 0 Å². The summed E-state index contributed by atoms with van der Waals surface area (Å²) in [6.45, 7) is 4.49. The van der Waals surface area contributed by atoms with Crippen molar-refractivity contribution in [1.82, 2.24) is 15.1 Å². The van der Waals surface area contributed by atoms with Gasteiger partial charge in [-0.2, -0.15) is 5.10 Å². The Labute approximate surface area is 144 Å². The van der Waals surface area contributed by atoms with Crippen LogP contribution >= 0.6 is 23.2 Å². The largest absolute Gasteiger partial charge is 0.368 e. The van der Waals surface area contributed by atoms with Gasteiger partial charge in [0.25, 0.3) is 5.56 Å². The Morgan fingerprint density at radius 3 is 2.65 bits per heavy atom. The van der Waals surface area contributed by atoms with Gasteiger partial charge >= 0.3 is 0 Å². The van der Waals surface area contributed by atoms with Crippen molar-refractivity contribution in [2.75, 3.05) is 31.1 Å². The molecule has 2 heterocycles. The fourth-order valence-electron chi connectivity index (χ4n) is 2.81. The number of nitrogens with zero attached hydrogens (tertiary/aromatic N) is 3. The standard InChI is InChI=1S/C16H18Cl2N4O/c17-13-4-2-12(3-5-13)11-21-6-1-7-22(9-8-21)14-10-19-20-16(23)15(14)18/h2-5,10H,1,6-9,11H2,(H,20,23). The SMILES string of the molecule is O=c1[nH]ncc(N2CCCN(Cc3ccc(Cl)cc3)CC2)c1Cl. The van der Waals surface area contributed by atoms with Crippen LogP contribution in [0, 0.1) is 0 Å². The maximum Gasteiger partial charge on any atom is 0.285 e. The molecule has 1 saturated heterocycles. The van der Waals surface area contributed by atoms with Gasteiger partial charge in [0.15, 0.2) is 0 Å². The van der Waals surface area contributed by atoms with Gasteiger partial charge in [0.2, 0.25) is 0 Å². The molecule has 0 unspecified atom stereocenters. The number of benzene rings is 1. The summed E-state index contributed by atoms with van der Waals surface area (Å²) < 4.78 is 0. The molecule has 3 rings (SSSR count). The number of anilines is 1. The van der Waals surface area contributed by atoms with E-state index in [1.807, 2.05) is 12.1 Å². The number of hydrogen-bond acceptors (Lipinski definition) is 4. The molecule has 5 nitrogen and oxygen atoms in total. The van der Waals surface area contributed by atoms with Gasteiger partial charge < -0.3 is 4.90 Å². The zero-order valence-corrected chi connectivity index (χ0v) is 14.1. The maximum absolute atomic E-state index is 11.6. The average molecular weight is 353 g/mol. The summed E-state index contributed by atoms with van der Waals surface area (Å²) in [4.78, 5) is 16.1. The Balaban J connectivity index is 1.66. The van der Waals surface area contributed by atoms with E-state index >= 15 is 0 Å². The van der Waals surface area contributed by atoms with Gasteiger partial charge in [-0.3, -0.25) is 9.69 Å². The molecule has 1 N–H and O–H groups in total. The van der Waals surface area contributed by atoms with Crippen molar-refractivity contribution >= 4 is 28.9 Å². The summed E-state index contributed by atoms with van der Waals surface area (Å²) in [5.41, 5.74) is 1.62. The second-order valence-corrected chi connectivity index (χ2v) is 6.46. The summed E-state index contributed by atoms with van der Waals surface area (Å²) in [7, 11) is 0. The molecule has 0 spiro atoms. The highest BCUT2D eigenvalue weighted by molar-refractivity contribution is 6.33. The van der Waals surface area contributed by atoms with Crippen LogP contribution in [0.1, 0.15) is 12.0 Å². The summed E-state index contributed by atoms with van der Waals surface area (Å²) in [6, 6.07) is 7.95. The minimum atomic E-state index is -0.341. The van der Waals surface area contributed by atoms with E-state index in [4.69, 9.17) is 23.2 Å². The summed E-state index contributed by atoms with van der Waals surface area (Å²) >= 11 is 12.0. The molecule has 1 aliphatic heterocycles. The zero-order chi connectivity index (χ0) is 16.2. The third-order valence-corrected chi connectivity index (χ3v) is 4.64. The van der Waals surface area contributed by atoms with Crippen LogP contribution in [0.4, 0.5) is 5.69 Å². The first-order valence-corrected chi connectivity index (χ1v) is 8.34. The van der Waals surface area contributed by atoms with Gasteiger partial charge in [-0.15, -0.1) is 0 Å².